The third-order valence-electron chi connectivity index (χ3n) is 5.81. The van der Waals surface area contributed by atoms with Crippen LogP contribution in [0.4, 0.5) is 4.39 Å². The lowest BCUT2D eigenvalue weighted by Gasteiger charge is -2.34. The summed E-state index contributed by atoms with van der Waals surface area (Å²) in [4.78, 5) is 22.8. The van der Waals surface area contributed by atoms with E-state index in [1.807, 2.05) is 47.7 Å². The van der Waals surface area contributed by atoms with Gasteiger partial charge in [0.15, 0.2) is 4.96 Å². The van der Waals surface area contributed by atoms with E-state index >= 15 is 0 Å². The highest BCUT2D eigenvalue weighted by Gasteiger charge is 2.24. The Morgan fingerprint density at radius 2 is 1.74 bits per heavy atom. The van der Waals surface area contributed by atoms with Crippen molar-refractivity contribution in [3.8, 4) is 11.3 Å². The second-order valence-corrected chi connectivity index (χ2v) is 8.78. The van der Waals surface area contributed by atoms with Crippen molar-refractivity contribution in [3.63, 3.8) is 0 Å². The smallest absolute Gasteiger partial charge is 0.253 e. The zero-order valence-electron chi connectivity index (χ0n) is 17.3. The predicted molar refractivity (Wildman–Crippen MR) is 121 cm³/mol. The van der Waals surface area contributed by atoms with Crippen molar-refractivity contribution < 1.29 is 9.18 Å². The molecule has 2 aromatic heterocycles. The van der Waals surface area contributed by atoms with E-state index in [0.29, 0.717) is 13.1 Å². The first-order chi connectivity index (χ1) is 15.1. The van der Waals surface area contributed by atoms with Gasteiger partial charge in [-0.3, -0.25) is 14.1 Å². The highest BCUT2D eigenvalue weighted by Crippen LogP contribution is 2.28. The van der Waals surface area contributed by atoms with Crippen LogP contribution in [0.3, 0.4) is 0 Å². The van der Waals surface area contributed by atoms with Gasteiger partial charge in [-0.1, -0.05) is 17.7 Å². The van der Waals surface area contributed by atoms with E-state index in [0.717, 1.165) is 52.7 Å². The number of hydrogen-bond donors (Lipinski definition) is 0. The fourth-order valence-electron chi connectivity index (χ4n) is 4.02. The number of rotatable bonds is 4. The van der Waals surface area contributed by atoms with Gasteiger partial charge in [-0.05, 0) is 43.3 Å². The Bertz CT molecular complexity index is 1200. The van der Waals surface area contributed by atoms with Gasteiger partial charge in [-0.25, -0.2) is 9.37 Å². The van der Waals surface area contributed by atoms with Gasteiger partial charge >= 0.3 is 0 Å². The molecule has 4 aromatic rings. The summed E-state index contributed by atoms with van der Waals surface area (Å²) in [6, 6.07) is 14.3. The van der Waals surface area contributed by atoms with Crippen LogP contribution >= 0.6 is 11.3 Å². The number of aromatic nitrogens is 2. The van der Waals surface area contributed by atoms with Gasteiger partial charge in [0.2, 0.25) is 0 Å². The van der Waals surface area contributed by atoms with Crippen molar-refractivity contribution >= 4 is 22.2 Å². The molecule has 0 atom stereocenters. The summed E-state index contributed by atoms with van der Waals surface area (Å²) >= 11 is 1.59. The lowest BCUT2D eigenvalue weighted by atomic mass is 10.1. The third kappa shape index (κ3) is 3.98. The van der Waals surface area contributed by atoms with Gasteiger partial charge in [0.25, 0.3) is 5.91 Å². The maximum Gasteiger partial charge on any atom is 0.253 e. The number of fused-ring (bicyclic) bond motifs is 1. The Hall–Kier alpha value is -3.03. The van der Waals surface area contributed by atoms with Crippen LogP contribution in [0, 0.1) is 12.7 Å². The molecular weight excluding hydrogens is 411 g/mol. The molecule has 7 heteroatoms. The molecule has 31 heavy (non-hydrogen) atoms. The second-order valence-electron chi connectivity index (χ2n) is 7.90. The standard InChI is InChI=1S/C24H23FN4OS/c1-17-2-4-19(5-3-17)23(30)28-12-10-27(11-13-28)16-21-22(18-6-8-20(25)9-7-18)26-24-29(21)14-15-31-24/h2-9,14-15H,10-13,16H2,1H3. The number of imidazole rings is 1. The van der Waals surface area contributed by atoms with Crippen LogP contribution in [0.2, 0.25) is 0 Å². The Kier molecular flexibility index (Phi) is 5.29. The van der Waals surface area contributed by atoms with Crippen LogP contribution in [0.1, 0.15) is 21.6 Å². The predicted octanol–water partition coefficient (Wildman–Crippen LogP) is 4.47. The van der Waals surface area contributed by atoms with Gasteiger partial charge in [0.05, 0.1) is 11.4 Å². The number of benzene rings is 2. The first-order valence-electron chi connectivity index (χ1n) is 10.4. The highest BCUT2D eigenvalue weighted by atomic mass is 32.1. The van der Waals surface area contributed by atoms with E-state index in [-0.39, 0.29) is 11.7 Å². The monoisotopic (exact) mass is 434 g/mol. The SMILES string of the molecule is Cc1ccc(C(=O)N2CCN(Cc3c(-c4ccc(F)cc4)nc4sccn34)CC2)cc1. The van der Waals surface area contributed by atoms with E-state index in [9.17, 15) is 9.18 Å². The summed E-state index contributed by atoms with van der Waals surface area (Å²) in [5.41, 5.74) is 4.80. The summed E-state index contributed by atoms with van der Waals surface area (Å²) in [5, 5.41) is 2.03. The summed E-state index contributed by atoms with van der Waals surface area (Å²) in [7, 11) is 0. The molecule has 1 fully saturated rings. The Labute approximate surface area is 184 Å². The number of aryl methyl sites for hydroxylation is 1. The molecule has 1 aliphatic rings. The summed E-state index contributed by atoms with van der Waals surface area (Å²) in [5.74, 6) is -0.156. The molecule has 0 unspecified atom stereocenters. The molecule has 3 heterocycles. The second kappa shape index (κ2) is 8.24. The Morgan fingerprint density at radius 3 is 2.45 bits per heavy atom. The van der Waals surface area contributed by atoms with Crippen LogP contribution in [0.25, 0.3) is 16.2 Å². The molecule has 1 aliphatic heterocycles. The number of thiazole rings is 1. The number of carbonyl (C=O) groups excluding carboxylic acids is 1. The van der Waals surface area contributed by atoms with Gasteiger partial charge in [-0.2, -0.15) is 0 Å². The minimum absolute atomic E-state index is 0.0937. The Balaban J connectivity index is 1.32. The van der Waals surface area contributed by atoms with Crippen molar-refractivity contribution in [2.45, 2.75) is 13.5 Å². The molecule has 5 rings (SSSR count). The molecule has 0 saturated carbocycles. The molecule has 1 amide bonds. The summed E-state index contributed by atoms with van der Waals surface area (Å²) in [6.45, 7) is 5.76. The average molecular weight is 435 g/mol. The van der Waals surface area contributed by atoms with Crippen molar-refractivity contribution in [1.29, 1.82) is 0 Å². The molecule has 0 spiro atoms. The lowest BCUT2D eigenvalue weighted by molar-refractivity contribution is 0.0627. The summed E-state index contributed by atoms with van der Waals surface area (Å²) < 4.78 is 15.5. The molecular formula is C24H23FN4OS. The van der Waals surface area contributed by atoms with Gasteiger partial charge in [-0.15, -0.1) is 11.3 Å². The van der Waals surface area contributed by atoms with Crippen molar-refractivity contribution in [1.82, 2.24) is 19.2 Å². The maximum absolute atomic E-state index is 13.4. The van der Waals surface area contributed by atoms with Crippen molar-refractivity contribution in [2.75, 3.05) is 26.2 Å². The first kappa shape index (κ1) is 19.9. The largest absolute Gasteiger partial charge is 0.336 e. The van der Waals surface area contributed by atoms with Crippen LogP contribution in [0.15, 0.2) is 60.1 Å². The number of carbonyl (C=O) groups is 1. The molecule has 158 valence electrons. The average Bonchev–Trinajstić information content (AvgIpc) is 3.38. The first-order valence-corrected chi connectivity index (χ1v) is 11.2. The zero-order chi connectivity index (χ0) is 21.4. The fraction of sp³-hybridized carbons (Fsp3) is 0.250. The normalized spacial score (nSPS) is 15.0. The number of piperazine rings is 1. The van der Waals surface area contributed by atoms with E-state index in [1.165, 1.54) is 12.1 Å². The highest BCUT2D eigenvalue weighted by molar-refractivity contribution is 7.15. The zero-order valence-corrected chi connectivity index (χ0v) is 18.1. The molecule has 0 radical (unpaired) electrons. The number of amides is 1. The van der Waals surface area contributed by atoms with E-state index < -0.39 is 0 Å². The van der Waals surface area contributed by atoms with Crippen LogP contribution in [0.5, 0.6) is 0 Å². The molecule has 0 bridgehead atoms. The van der Waals surface area contributed by atoms with Crippen LogP contribution in [-0.2, 0) is 6.54 Å². The minimum Gasteiger partial charge on any atom is -0.336 e. The minimum atomic E-state index is -0.249. The van der Waals surface area contributed by atoms with Gasteiger partial charge in [0, 0.05) is 55.4 Å². The van der Waals surface area contributed by atoms with Crippen molar-refractivity contribution in [3.05, 3.63) is 82.7 Å². The molecule has 5 nitrogen and oxygen atoms in total. The van der Waals surface area contributed by atoms with Gasteiger partial charge in [0.1, 0.15) is 5.82 Å². The quantitative estimate of drug-likeness (QED) is 0.476. The van der Waals surface area contributed by atoms with E-state index in [1.54, 1.807) is 23.5 Å². The third-order valence-corrected chi connectivity index (χ3v) is 6.57. The number of hydrogen-bond acceptors (Lipinski definition) is 4. The van der Waals surface area contributed by atoms with E-state index in [4.69, 9.17) is 4.98 Å². The topological polar surface area (TPSA) is 40.9 Å². The lowest BCUT2D eigenvalue weighted by Crippen LogP contribution is -2.48. The summed E-state index contributed by atoms with van der Waals surface area (Å²) in [6.07, 6.45) is 2.03. The number of halogens is 1. The van der Waals surface area contributed by atoms with Crippen LogP contribution < -0.4 is 0 Å². The van der Waals surface area contributed by atoms with Gasteiger partial charge < -0.3 is 4.90 Å². The maximum atomic E-state index is 13.4. The van der Waals surface area contributed by atoms with Crippen LogP contribution in [-0.4, -0.2) is 51.3 Å². The Morgan fingerprint density at radius 1 is 1.03 bits per heavy atom. The molecule has 1 saturated heterocycles. The van der Waals surface area contributed by atoms with Crippen molar-refractivity contribution in [2.24, 2.45) is 0 Å². The molecule has 0 N–H and O–H groups in total. The fourth-order valence-corrected chi connectivity index (χ4v) is 4.76. The van der Waals surface area contributed by atoms with E-state index in [2.05, 4.69) is 9.30 Å². The molecule has 2 aromatic carbocycles. The number of nitrogens with zero attached hydrogens (tertiary/aromatic N) is 4. The molecule has 0 aliphatic carbocycles.